The highest BCUT2D eigenvalue weighted by Gasteiger charge is 2.37. The van der Waals surface area contributed by atoms with E-state index >= 15 is 0 Å². The van der Waals surface area contributed by atoms with Crippen LogP contribution in [0.5, 0.6) is 0 Å². The highest BCUT2D eigenvalue weighted by molar-refractivity contribution is 8.26. The number of carbonyl (C=O) groups is 1. The van der Waals surface area contributed by atoms with Crippen LogP contribution in [0.15, 0.2) is 27.7 Å². The summed E-state index contributed by atoms with van der Waals surface area (Å²) in [4.78, 5) is 15.1. The summed E-state index contributed by atoms with van der Waals surface area (Å²) in [6, 6.07) is 3.95. The van der Waals surface area contributed by atoms with Gasteiger partial charge in [-0.3, -0.25) is 9.69 Å². The first-order valence-electron chi connectivity index (χ1n) is 7.06. The number of rotatable bonds is 2. The Morgan fingerprint density at radius 3 is 2.70 bits per heavy atom. The van der Waals surface area contributed by atoms with E-state index in [-0.39, 0.29) is 11.9 Å². The number of furan rings is 1. The summed E-state index contributed by atoms with van der Waals surface area (Å²) in [5.74, 6) is 0.745. The average molecular weight is 307 g/mol. The summed E-state index contributed by atoms with van der Waals surface area (Å²) < 4.78 is 5.97. The third-order valence-electron chi connectivity index (χ3n) is 3.83. The first-order chi connectivity index (χ1) is 9.75. The molecular formula is C15H17NO2S2. The van der Waals surface area contributed by atoms with E-state index in [1.165, 1.54) is 37.4 Å². The molecule has 0 atom stereocenters. The monoisotopic (exact) mass is 307 g/mol. The summed E-state index contributed by atoms with van der Waals surface area (Å²) in [5.41, 5.74) is 0. The maximum absolute atomic E-state index is 12.6. The van der Waals surface area contributed by atoms with Gasteiger partial charge in [-0.1, -0.05) is 49.7 Å². The standard InChI is InChI=1S/C15H17NO2S2/c17-14-13(10-12-8-5-9-18-12)20-15(19)16(14)11-6-3-1-2-4-7-11/h5,8-11H,1-4,6-7H2/b13-10+. The second-order valence-electron chi connectivity index (χ2n) is 5.21. The van der Waals surface area contributed by atoms with Gasteiger partial charge in [0.1, 0.15) is 10.1 Å². The predicted octanol–water partition coefficient (Wildman–Crippen LogP) is 4.20. The van der Waals surface area contributed by atoms with Crippen LogP contribution in [0, 0.1) is 0 Å². The van der Waals surface area contributed by atoms with E-state index in [0.717, 1.165) is 12.8 Å². The highest BCUT2D eigenvalue weighted by Crippen LogP contribution is 2.36. The van der Waals surface area contributed by atoms with E-state index in [9.17, 15) is 4.79 Å². The van der Waals surface area contributed by atoms with Crippen LogP contribution in [-0.2, 0) is 4.79 Å². The van der Waals surface area contributed by atoms with E-state index < -0.39 is 0 Å². The normalized spacial score (nSPS) is 23.6. The highest BCUT2D eigenvalue weighted by atomic mass is 32.2. The number of thiocarbonyl (C=S) groups is 1. The molecule has 106 valence electrons. The van der Waals surface area contributed by atoms with Crippen molar-refractivity contribution in [3.05, 3.63) is 29.1 Å². The van der Waals surface area contributed by atoms with Crippen molar-refractivity contribution in [1.29, 1.82) is 0 Å². The van der Waals surface area contributed by atoms with Gasteiger partial charge in [-0.15, -0.1) is 0 Å². The molecule has 1 saturated heterocycles. The summed E-state index contributed by atoms with van der Waals surface area (Å²) >= 11 is 6.80. The Morgan fingerprint density at radius 1 is 1.30 bits per heavy atom. The molecular weight excluding hydrogens is 290 g/mol. The number of hydrogen-bond acceptors (Lipinski definition) is 4. The first kappa shape index (κ1) is 13.9. The molecule has 0 N–H and O–H groups in total. The third-order valence-corrected chi connectivity index (χ3v) is 5.16. The molecule has 20 heavy (non-hydrogen) atoms. The van der Waals surface area contributed by atoms with Gasteiger partial charge in [0, 0.05) is 12.1 Å². The van der Waals surface area contributed by atoms with Gasteiger partial charge < -0.3 is 4.42 Å². The number of carbonyl (C=O) groups excluding carboxylic acids is 1. The number of hydrogen-bond donors (Lipinski definition) is 0. The van der Waals surface area contributed by atoms with Gasteiger partial charge in [0.15, 0.2) is 0 Å². The van der Waals surface area contributed by atoms with Crippen molar-refractivity contribution < 1.29 is 9.21 Å². The van der Waals surface area contributed by atoms with Crippen molar-refractivity contribution in [3.8, 4) is 0 Å². The van der Waals surface area contributed by atoms with Gasteiger partial charge in [-0.2, -0.15) is 0 Å². The van der Waals surface area contributed by atoms with E-state index in [2.05, 4.69) is 0 Å². The van der Waals surface area contributed by atoms with Crippen LogP contribution >= 0.6 is 24.0 Å². The molecule has 1 amide bonds. The largest absolute Gasteiger partial charge is 0.465 e. The van der Waals surface area contributed by atoms with Gasteiger partial charge in [-0.05, 0) is 25.0 Å². The lowest BCUT2D eigenvalue weighted by molar-refractivity contribution is -0.123. The Morgan fingerprint density at radius 2 is 2.05 bits per heavy atom. The molecule has 0 bridgehead atoms. The van der Waals surface area contributed by atoms with Crippen molar-refractivity contribution in [2.45, 2.75) is 44.6 Å². The molecule has 0 radical (unpaired) electrons. The fourth-order valence-corrected chi connectivity index (χ4v) is 4.19. The molecule has 3 rings (SSSR count). The van der Waals surface area contributed by atoms with Crippen LogP contribution in [0.25, 0.3) is 6.08 Å². The zero-order valence-electron chi connectivity index (χ0n) is 11.2. The van der Waals surface area contributed by atoms with Gasteiger partial charge in [-0.25, -0.2) is 0 Å². The van der Waals surface area contributed by atoms with E-state index in [4.69, 9.17) is 16.6 Å². The third kappa shape index (κ3) is 2.83. The van der Waals surface area contributed by atoms with Crippen molar-refractivity contribution in [2.75, 3.05) is 0 Å². The quantitative estimate of drug-likeness (QED) is 0.466. The van der Waals surface area contributed by atoms with Crippen molar-refractivity contribution in [3.63, 3.8) is 0 Å². The van der Waals surface area contributed by atoms with Crippen LogP contribution in [0.4, 0.5) is 0 Å². The lowest BCUT2D eigenvalue weighted by atomic mass is 10.1. The fraction of sp³-hybridized carbons (Fsp3) is 0.467. The van der Waals surface area contributed by atoms with E-state index in [1.54, 1.807) is 12.3 Å². The van der Waals surface area contributed by atoms with Gasteiger partial charge in [0.2, 0.25) is 0 Å². The van der Waals surface area contributed by atoms with E-state index in [1.807, 2.05) is 17.0 Å². The van der Waals surface area contributed by atoms with Crippen LogP contribution in [0.3, 0.4) is 0 Å². The predicted molar refractivity (Wildman–Crippen MR) is 85.2 cm³/mol. The second kappa shape index (κ2) is 6.14. The minimum absolute atomic E-state index is 0.0447. The summed E-state index contributed by atoms with van der Waals surface area (Å²) in [6.07, 6.45) is 10.5. The summed E-state index contributed by atoms with van der Waals surface area (Å²) in [5, 5.41) is 0. The fourth-order valence-electron chi connectivity index (χ4n) is 2.81. The van der Waals surface area contributed by atoms with Gasteiger partial charge in [0.05, 0.1) is 11.2 Å². The van der Waals surface area contributed by atoms with Crippen LogP contribution in [0.1, 0.15) is 44.3 Å². The Balaban J connectivity index is 1.79. The number of amides is 1. The number of thioether (sulfide) groups is 1. The molecule has 2 fully saturated rings. The molecule has 1 aromatic rings. The summed E-state index contributed by atoms with van der Waals surface area (Å²) in [6.45, 7) is 0. The maximum atomic E-state index is 12.6. The second-order valence-corrected chi connectivity index (χ2v) is 6.89. The SMILES string of the molecule is O=C1/C(=C\c2ccco2)SC(=S)N1C1CCCCCC1. The first-order valence-corrected chi connectivity index (χ1v) is 8.29. The van der Waals surface area contributed by atoms with Crippen molar-refractivity contribution in [1.82, 2.24) is 4.90 Å². The zero-order valence-corrected chi connectivity index (χ0v) is 12.8. The molecule has 2 aliphatic rings. The average Bonchev–Trinajstić information content (AvgIpc) is 2.92. The minimum atomic E-state index is 0.0447. The molecule has 3 nitrogen and oxygen atoms in total. The molecule has 0 spiro atoms. The van der Waals surface area contributed by atoms with Crippen LogP contribution in [0.2, 0.25) is 0 Å². The molecule has 1 saturated carbocycles. The van der Waals surface area contributed by atoms with Gasteiger partial charge >= 0.3 is 0 Å². The van der Waals surface area contributed by atoms with Crippen molar-refractivity contribution in [2.24, 2.45) is 0 Å². The van der Waals surface area contributed by atoms with Crippen LogP contribution in [-0.4, -0.2) is 21.2 Å². The summed E-state index contributed by atoms with van der Waals surface area (Å²) in [7, 11) is 0. The Labute approximate surface area is 128 Å². The number of nitrogens with zero attached hydrogens (tertiary/aromatic N) is 1. The minimum Gasteiger partial charge on any atom is -0.465 e. The van der Waals surface area contributed by atoms with Crippen molar-refractivity contribution >= 4 is 40.3 Å². The molecule has 2 heterocycles. The maximum Gasteiger partial charge on any atom is 0.266 e. The Hall–Kier alpha value is -1.07. The topological polar surface area (TPSA) is 33.5 Å². The molecule has 1 aliphatic heterocycles. The lowest BCUT2D eigenvalue weighted by Gasteiger charge is -2.25. The van der Waals surface area contributed by atoms with E-state index in [0.29, 0.717) is 15.0 Å². The molecule has 0 unspecified atom stereocenters. The van der Waals surface area contributed by atoms with Crippen LogP contribution < -0.4 is 0 Å². The lowest BCUT2D eigenvalue weighted by Crippen LogP contribution is -2.38. The Bertz CT molecular complexity index is 528. The Kier molecular flexibility index (Phi) is 4.27. The smallest absolute Gasteiger partial charge is 0.266 e. The zero-order chi connectivity index (χ0) is 13.9. The van der Waals surface area contributed by atoms with Gasteiger partial charge in [0.25, 0.3) is 5.91 Å². The molecule has 0 aromatic carbocycles. The molecule has 1 aliphatic carbocycles. The molecule has 1 aromatic heterocycles. The molecule has 5 heteroatoms.